The molecule has 2 rings (SSSR count). The molecule has 0 N–H and O–H groups in total. The van der Waals surface area contributed by atoms with E-state index in [0.29, 0.717) is 0 Å². The van der Waals surface area contributed by atoms with Gasteiger partial charge in [0.25, 0.3) is 0 Å². The third kappa shape index (κ3) is 1.66. The second kappa shape index (κ2) is 3.95. The van der Waals surface area contributed by atoms with Crippen molar-refractivity contribution in [2.45, 2.75) is 36.5 Å². The highest BCUT2D eigenvalue weighted by Gasteiger charge is 2.19. The van der Waals surface area contributed by atoms with Crippen LogP contribution in [-0.4, -0.2) is 7.85 Å². The Labute approximate surface area is 103 Å². The Morgan fingerprint density at radius 2 is 2.00 bits per heavy atom. The molecule has 1 aliphatic rings. The summed E-state index contributed by atoms with van der Waals surface area (Å²) in [4.78, 5) is 1.73. The zero-order valence-electron chi connectivity index (χ0n) is 8.96. The monoisotopic (exact) mass is 232 g/mol. The summed E-state index contributed by atoms with van der Waals surface area (Å²) < 4.78 is 0. The van der Waals surface area contributed by atoms with Gasteiger partial charge >= 0.3 is 0 Å². The van der Waals surface area contributed by atoms with Crippen LogP contribution >= 0.6 is 25.3 Å². The van der Waals surface area contributed by atoms with Crippen LogP contribution in [0.1, 0.15) is 30.0 Å². The van der Waals surface area contributed by atoms with E-state index in [0.717, 1.165) is 28.1 Å². The molecule has 76 valence electrons. The van der Waals surface area contributed by atoms with Crippen LogP contribution in [-0.2, 0) is 6.42 Å². The van der Waals surface area contributed by atoms with E-state index in [-0.39, 0.29) is 0 Å². The fourth-order valence-corrected chi connectivity index (χ4v) is 2.59. The van der Waals surface area contributed by atoms with Gasteiger partial charge in [-0.1, -0.05) is 24.0 Å². The molecule has 0 nitrogen and oxygen atoms in total. The highest BCUT2D eigenvalue weighted by atomic mass is 32.1. The number of rotatable bonds is 1. The number of fused-ring (bicyclic) bond motifs is 1. The Hall–Kier alpha value is -0.275. The maximum Gasteiger partial charge on any atom is 0.115 e. The summed E-state index contributed by atoms with van der Waals surface area (Å²) in [6, 6.07) is 0. The molecule has 0 heterocycles. The molecule has 0 spiro atoms. The van der Waals surface area contributed by atoms with E-state index in [2.05, 4.69) is 45.2 Å². The first-order valence-corrected chi connectivity index (χ1v) is 5.98. The van der Waals surface area contributed by atoms with E-state index < -0.39 is 0 Å². The molecule has 0 aliphatic heterocycles. The third-order valence-corrected chi connectivity index (χ3v) is 4.30. The molecule has 1 aromatic carbocycles. The second-order valence-electron chi connectivity index (χ2n) is 3.96. The van der Waals surface area contributed by atoms with Gasteiger partial charge in [0, 0.05) is 9.79 Å². The minimum absolute atomic E-state index is 0.795. The molecule has 1 aromatic rings. The van der Waals surface area contributed by atoms with Crippen molar-refractivity contribution in [3.8, 4) is 0 Å². The van der Waals surface area contributed by atoms with Crippen molar-refractivity contribution < 1.29 is 0 Å². The van der Waals surface area contributed by atoms with Gasteiger partial charge in [-0.15, -0.1) is 25.3 Å². The fraction of sp³-hybridized carbons (Fsp3) is 0.333. The van der Waals surface area contributed by atoms with Crippen LogP contribution in [0.25, 0.3) is 6.08 Å². The van der Waals surface area contributed by atoms with Crippen LogP contribution in [0.5, 0.6) is 0 Å². The Bertz CT molecular complexity index is 461. The molecular formula is C12H13BS2. The van der Waals surface area contributed by atoms with Gasteiger partial charge in [-0.05, 0) is 36.5 Å². The van der Waals surface area contributed by atoms with Crippen LogP contribution < -0.4 is 5.46 Å². The van der Waals surface area contributed by atoms with Crippen molar-refractivity contribution in [1.82, 2.24) is 0 Å². The van der Waals surface area contributed by atoms with E-state index in [1.807, 2.05) is 0 Å². The highest BCUT2D eigenvalue weighted by molar-refractivity contribution is 7.83. The smallest absolute Gasteiger partial charge is 0.115 e. The lowest BCUT2D eigenvalue weighted by atomic mass is 9.86. The summed E-state index contributed by atoms with van der Waals surface area (Å²) in [5.41, 5.74) is 5.91. The van der Waals surface area contributed by atoms with Crippen molar-refractivity contribution in [1.29, 1.82) is 0 Å². The molecule has 0 aromatic heterocycles. The first-order chi connectivity index (χ1) is 7.06. The molecule has 0 atom stereocenters. The first-order valence-electron chi connectivity index (χ1n) is 5.08. The van der Waals surface area contributed by atoms with Gasteiger partial charge in [0.1, 0.15) is 7.85 Å². The lowest BCUT2D eigenvalue weighted by Crippen LogP contribution is -2.15. The number of hydrogen-bond donors (Lipinski definition) is 2. The summed E-state index contributed by atoms with van der Waals surface area (Å²) in [6.07, 6.45) is 4.30. The van der Waals surface area contributed by atoms with Crippen molar-refractivity contribution in [3.63, 3.8) is 0 Å². The predicted octanol–water partition coefficient (Wildman–Crippen LogP) is 2.72. The molecule has 0 bridgehead atoms. The number of thiol groups is 2. The molecule has 1 aliphatic carbocycles. The standard InChI is InChI=1S/C12H13BS2/c1-3-7-4-8-6(2)11(14)12(15)10(13)9(8)5-7/h4,14-15H,3,5H2,1-2H3. The molecule has 0 saturated carbocycles. The van der Waals surface area contributed by atoms with E-state index in [4.69, 9.17) is 7.85 Å². The van der Waals surface area contributed by atoms with Crippen molar-refractivity contribution in [2.24, 2.45) is 0 Å². The van der Waals surface area contributed by atoms with Gasteiger partial charge in [0.2, 0.25) is 0 Å². The van der Waals surface area contributed by atoms with Crippen LogP contribution in [0.3, 0.4) is 0 Å². The average molecular weight is 232 g/mol. The molecule has 0 saturated heterocycles. The molecule has 2 radical (unpaired) electrons. The minimum Gasteiger partial charge on any atom is -0.143 e. The van der Waals surface area contributed by atoms with Crippen LogP contribution in [0, 0.1) is 6.92 Å². The number of hydrogen-bond acceptors (Lipinski definition) is 2. The van der Waals surface area contributed by atoms with Crippen molar-refractivity contribution >= 4 is 44.6 Å². The Kier molecular flexibility index (Phi) is 2.95. The number of allylic oxidation sites excluding steroid dienone is 1. The maximum atomic E-state index is 6.06. The topological polar surface area (TPSA) is 0 Å². The second-order valence-corrected chi connectivity index (χ2v) is 4.86. The molecule has 0 amide bonds. The largest absolute Gasteiger partial charge is 0.143 e. The van der Waals surface area contributed by atoms with Crippen LogP contribution in [0.4, 0.5) is 0 Å². The van der Waals surface area contributed by atoms with Crippen LogP contribution in [0.15, 0.2) is 15.4 Å². The number of benzene rings is 1. The lowest BCUT2D eigenvalue weighted by Gasteiger charge is -2.14. The predicted molar refractivity (Wildman–Crippen MR) is 73.0 cm³/mol. The van der Waals surface area contributed by atoms with Crippen molar-refractivity contribution in [3.05, 3.63) is 22.3 Å². The molecule has 0 fully saturated rings. The third-order valence-electron chi connectivity index (χ3n) is 3.10. The minimum atomic E-state index is 0.795. The summed E-state index contributed by atoms with van der Waals surface area (Å²) >= 11 is 8.87. The zero-order valence-corrected chi connectivity index (χ0v) is 10.8. The Balaban J connectivity index is 2.68. The van der Waals surface area contributed by atoms with Gasteiger partial charge in [-0.25, -0.2) is 0 Å². The Morgan fingerprint density at radius 3 is 2.60 bits per heavy atom. The van der Waals surface area contributed by atoms with Gasteiger partial charge < -0.3 is 0 Å². The van der Waals surface area contributed by atoms with Crippen LogP contribution in [0.2, 0.25) is 0 Å². The van der Waals surface area contributed by atoms with Gasteiger partial charge in [0.15, 0.2) is 0 Å². The van der Waals surface area contributed by atoms with E-state index >= 15 is 0 Å². The molecule has 15 heavy (non-hydrogen) atoms. The summed E-state index contributed by atoms with van der Waals surface area (Å²) in [5.74, 6) is 0. The van der Waals surface area contributed by atoms with Gasteiger partial charge in [0.05, 0.1) is 0 Å². The normalized spacial score (nSPS) is 14.0. The maximum absolute atomic E-state index is 6.06. The van der Waals surface area contributed by atoms with E-state index in [9.17, 15) is 0 Å². The SMILES string of the molecule is [B]c1c(S)c(S)c(C)c2c1CC(CC)=C2. The highest BCUT2D eigenvalue weighted by Crippen LogP contribution is 2.33. The molecule has 3 heteroatoms. The zero-order chi connectivity index (χ0) is 11.2. The summed E-state index contributed by atoms with van der Waals surface area (Å²) in [6.45, 7) is 4.25. The Morgan fingerprint density at radius 1 is 1.33 bits per heavy atom. The molecule has 0 unspecified atom stereocenters. The van der Waals surface area contributed by atoms with E-state index in [1.165, 1.54) is 22.3 Å². The summed E-state index contributed by atoms with van der Waals surface area (Å²) in [5, 5.41) is 0. The average Bonchev–Trinajstić information content (AvgIpc) is 2.67. The summed E-state index contributed by atoms with van der Waals surface area (Å²) in [7, 11) is 6.06. The van der Waals surface area contributed by atoms with Gasteiger partial charge in [-0.3, -0.25) is 0 Å². The van der Waals surface area contributed by atoms with E-state index in [1.54, 1.807) is 0 Å². The van der Waals surface area contributed by atoms with Crippen molar-refractivity contribution in [2.75, 3.05) is 0 Å². The molecular weight excluding hydrogens is 219 g/mol. The first kappa shape index (κ1) is 11.2. The van der Waals surface area contributed by atoms with Gasteiger partial charge in [-0.2, -0.15) is 0 Å². The fourth-order valence-electron chi connectivity index (χ4n) is 2.04. The quantitative estimate of drug-likeness (QED) is 0.540. The lowest BCUT2D eigenvalue weighted by molar-refractivity contribution is 1.03.